The number of likely N-dealkylation sites (tertiary alicyclic amines) is 1. The highest BCUT2D eigenvalue weighted by Crippen LogP contribution is 2.40. The van der Waals surface area contributed by atoms with Crippen LogP contribution in [-0.2, 0) is 4.74 Å². The van der Waals surface area contributed by atoms with E-state index in [9.17, 15) is 4.79 Å². The minimum atomic E-state index is -0.0543. The summed E-state index contributed by atoms with van der Waals surface area (Å²) >= 11 is 0. The number of hydrogen-bond acceptors (Lipinski definition) is 2. The van der Waals surface area contributed by atoms with E-state index in [0.717, 1.165) is 24.2 Å². The van der Waals surface area contributed by atoms with E-state index in [-0.39, 0.29) is 17.6 Å². The highest BCUT2D eigenvalue weighted by Gasteiger charge is 2.48. The lowest BCUT2D eigenvalue weighted by molar-refractivity contribution is -0.0356. The van der Waals surface area contributed by atoms with Crippen LogP contribution in [0.5, 0.6) is 0 Å². The SMILES string of the molecule is CCC1CN(C(=O)c2cc3c([nH]2)C=CC(C)C3OC)C1(C)C. The third-order valence-corrected chi connectivity index (χ3v) is 5.55. The molecule has 22 heavy (non-hydrogen) atoms. The van der Waals surface area contributed by atoms with E-state index >= 15 is 0 Å². The van der Waals surface area contributed by atoms with E-state index in [1.54, 1.807) is 7.11 Å². The zero-order valence-electron chi connectivity index (χ0n) is 14.1. The van der Waals surface area contributed by atoms with Gasteiger partial charge in [-0.15, -0.1) is 0 Å². The predicted molar refractivity (Wildman–Crippen MR) is 87.6 cm³/mol. The van der Waals surface area contributed by atoms with Gasteiger partial charge in [0.2, 0.25) is 0 Å². The number of aromatic nitrogens is 1. The topological polar surface area (TPSA) is 45.3 Å². The number of fused-ring (bicyclic) bond motifs is 1. The van der Waals surface area contributed by atoms with E-state index in [1.807, 2.05) is 11.0 Å². The van der Waals surface area contributed by atoms with Crippen molar-refractivity contribution >= 4 is 12.0 Å². The number of rotatable bonds is 3. The minimum Gasteiger partial charge on any atom is -0.376 e. The zero-order valence-corrected chi connectivity index (χ0v) is 14.1. The molecule has 1 aliphatic heterocycles. The molecule has 0 saturated carbocycles. The van der Waals surface area contributed by atoms with Gasteiger partial charge in [-0.05, 0) is 38.3 Å². The Morgan fingerprint density at radius 3 is 2.82 bits per heavy atom. The van der Waals surface area contributed by atoms with Crippen LogP contribution in [0.1, 0.15) is 62.0 Å². The van der Waals surface area contributed by atoms with Gasteiger partial charge in [-0.25, -0.2) is 0 Å². The Morgan fingerprint density at radius 1 is 1.50 bits per heavy atom. The van der Waals surface area contributed by atoms with Gasteiger partial charge in [0.25, 0.3) is 5.91 Å². The fourth-order valence-corrected chi connectivity index (χ4v) is 3.85. The lowest BCUT2D eigenvalue weighted by atomic mass is 9.75. The van der Waals surface area contributed by atoms with Crippen molar-refractivity contribution in [1.29, 1.82) is 0 Å². The number of nitrogens with one attached hydrogen (secondary N) is 1. The number of nitrogens with zero attached hydrogens (tertiary/aromatic N) is 1. The molecule has 2 aliphatic rings. The van der Waals surface area contributed by atoms with Gasteiger partial charge in [0.15, 0.2) is 0 Å². The molecule has 2 heterocycles. The maximum Gasteiger partial charge on any atom is 0.270 e. The highest BCUT2D eigenvalue weighted by atomic mass is 16.5. The van der Waals surface area contributed by atoms with Crippen molar-refractivity contribution in [2.24, 2.45) is 11.8 Å². The molecule has 1 aromatic rings. The molecule has 3 atom stereocenters. The van der Waals surface area contributed by atoms with Crippen LogP contribution >= 0.6 is 0 Å². The summed E-state index contributed by atoms with van der Waals surface area (Å²) in [6.07, 6.45) is 5.32. The minimum absolute atomic E-state index is 0.0191. The predicted octanol–water partition coefficient (Wildman–Crippen LogP) is 3.63. The van der Waals surface area contributed by atoms with Crippen molar-refractivity contribution in [1.82, 2.24) is 9.88 Å². The Labute approximate surface area is 132 Å². The van der Waals surface area contributed by atoms with E-state index in [4.69, 9.17) is 4.74 Å². The van der Waals surface area contributed by atoms with Gasteiger partial charge in [0.05, 0.1) is 6.10 Å². The summed E-state index contributed by atoms with van der Waals surface area (Å²) in [6, 6.07) is 1.97. The van der Waals surface area contributed by atoms with Gasteiger partial charge >= 0.3 is 0 Å². The van der Waals surface area contributed by atoms with Gasteiger partial charge in [0.1, 0.15) is 5.69 Å². The molecular formula is C18H26N2O2. The Morgan fingerprint density at radius 2 is 2.23 bits per heavy atom. The first-order chi connectivity index (χ1) is 10.4. The van der Waals surface area contributed by atoms with Crippen LogP contribution < -0.4 is 0 Å². The van der Waals surface area contributed by atoms with E-state index in [0.29, 0.717) is 17.5 Å². The van der Waals surface area contributed by atoms with Gasteiger partial charge in [-0.2, -0.15) is 0 Å². The molecule has 0 bridgehead atoms. The first-order valence-electron chi connectivity index (χ1n) is 8.16. The van der Waals surface area contributed by atoms with Crippen molar-refractivity contribution in [3.63, 3.8) is 0 Å². The molecule has 4 heteroatoms. The van der Waals surface area contributed by atoms with E-state index < -0.39 is 0 Å². The lowest BCUT2D eigenvalue weighted by Gasteiger charge is -2.55. The van der Waals surface area contributed by atoms with Crippen LogP contribution in [0, 0.1) is 11.8 Å². The summed E-state index contributed by atoms with van der Waals surface area (Å²) in [6.45, 7) is 9.49. The molecule has 1 saturated heterocycles. The average molecular weight is 302 g/mol. The molecule has 1 aliphatic carbocycles. The summed E-state index contributed by atoms with van der Waals surface area (Å²) in [5, 5.41) is 0. The van der Waals surface area contributed by atoms with Gasteiger partial charge < -0.3 is 14.6 Å². The number of ether oxygens (including phenoxy) is 1. The van der Waals surface area contributed by atoms with Crippen molar-refractivity contribution in [2.45, 2.75) is 45.8 Å². The Kier molecular flexibility index (Phi) is 3.68. The van der Waals surface area contributed by atoms with E-state index in [2.05, 4.69) is 44.8 Å². The summed E-state index contributed by atoms with van der Waals surface area (Å²) < 4.78 is 5.60. The lowest BCUT2D eigenvalue weighted by Crippen LogP contribution is -2.65. The number of amides is 1. The van der Waals surface area contributed by atoms with Gasteiger partial charge in [-0.1, -0.05) is 19.9 Å². The van der Waals surface area contributed by atoms with Crippen molar-refractivity contribution in [2.75, 3.05) is 13.7 Å². The monoisotopic (exact) mass is 302 g/mol. The van der Waals surface area contributed by atoms with Gasteiger partial charge in [0, 0.05) is 36.4 Å². The Hall–Kier alpha value is -1.55. The van der Waals surface area contributed by atoms with Crippen LogP contribution in [0.25, 0.3) is 6.08 Å². The van der Waals surface area contributed by atoms with Crippen molar-refractivity contribution in [3.8, 4) is 0 Å². The number of hydrogen-bond donors (Lipinski definition) is 1. The molecule has 0 radical (unpaired) electrons. The third-order valence-electron chi connectivity index (χ3n) is 5.55. The normalized spacial score (nSPS) is 29.1. The summed E-state index contributed by atoms with van der Waals surface area (Å²) in [5.74, 6) is 1.01. The number of aromatic amines is 1. The second-order valence-corrected chi connectivity index (χ2v) is 7.10. The summed E-state index contributed by atoms with van der Waals surface area (Å²) in [5.41, 5.74) is 2.71. The highest BCUT2D eigenvalue weighted by molar-refractivity contribution is 5.94. The maximum absolute atomic E-state index is 12.8. The quantitative estimate of drug-likeness (QED) is 0.926. The van der Waals surface area contributed by atoms with Gasteiger partial charge in [-0.3, -0.25) is 4.79 Å². The summed E-state index contributed by atoms with van der Waals surface area (Å²) in [4.78, 5) is 18.1. The molecule has 120 valence electrons. The Balaban J connectivity index is 1.86. The van der Waals surface area contributed by atoms with Crippen LogP contribution in [0.3, 0.4) is 0 Å². The molecule has 1 amide bonds. The van der Waals surface area contributed by atoms with Crippen LogP contribution in [0.4, 0.5) is 0 Å². The number of methoxy groups -OCH3 is 1. The first-order valence-corrected chi connectivity index (χ1v) is 8.16. The second-order valence-electron chi connectivity index (χ2n) is 7.10. The third kappa shape index (κ3) is 2.12. The molecule has 3 rings (SSSR count). The number of H-pyrrole nitrogens is 1. The molecule has 3 unspecified atom stereocenters. The largest absolute Gasteiger partial charge is 0.376 e. The number of carbonyl (C=O) groups excluding carboxylic acids is 1. The van der Waals surface area contributed by atoms with Crippen LogP contribution in [-0.4, -0.2) is 35.0 Å². The van der Waals surface area contributed by atoms with E-state index in [1.165, 1.54) is 0 Å². The molecule has 4 nitrogen and oxygen atoms in total. The van der Waals surface area contributed by atoms with Crippen molar-refractivity contribution in [3.05, 3.63) is 29.1 Å². The van der Waals surface area contributed by atoms with Crippen LogP contribution in [0.15, 0.2) is 12.1 Å². The molecule has 0 aromatic carbocycles. The molecule has 1 aromatic heterocycles. The molecule has 1 N–H and O–H groups in total. The average Bonchev–Trinajstić information content (AvgIpc) is 2.90. The smallest absolute Gasteiger partial charge is 0.270 e. The molecule has 0 spiro atoms. The standard InChI is InChI=1S/C18H26N2O2/c1-6-12-10-20(18(12,3)4)17(21)15-9-13-14(19-15)8-7-11(2)16(13)22-5/h7-9,11-12,16,19H,6,10H2,1-5H3. The molecule has 1 fully saturated rings. The maximum atomic E-state index is 12.8. The Bertz CT molecular complexity index is 615. The summed E-state index contributed by atoms with van der Waals surface area (Å²) in [7, 11) is 1.73. The fourth-order valence-electron chi connectivity index (χ4n) is 3.85. The zero-order chi connectivity index (χ0) is 16.1. The molecular weight excluding hydrogens is 276 g/mol. The second kappa shape index (κ2) is 5.27. The van der Waals surface area contributed by atoms with Crippen LogP contribution in [0.2, 0.25) is 0 Å². The van der Waals surface area contributed by atoms with Crippen molar-refractivity contribution < 1.29 is 9.53 Å². The fraction of sp³-hybridized carbons (Fsp3) is 0.611. The first kappa shape index (κ1) is 15.3. The number of carbonyl (C=O) groups is 1.